The standard InChI is InChI=1S/C18H23BrN4O/c1-5-6-9-23(4)18(24)16-11-17(21-13(3)20-16)22-15-8-7-14(19)10-12(15)2/h7-8,10-11H,5-6,9H2,1-4H3,(H,20,21,22). The summed E-state index contributed by atoms with van der Waals surface area (Å²) in [7, 11) is 1.81. The highest BCUT2D eigenvalue weighted by Crippen LogP contribution is 2.23. The lowest BCUT2D eigenvalue weighted by Gasteiger charge is -2.17. The first-order chi connectivity index (χ1) is 11.4. The van der Waals surface area contributed by atoms with Crippen molar-refractivity contribution in [2.24, 2.45) is 0 Å². The maximum absolute atomic E-state index is 12.5. The number of hydrogen-bond acceptors (Lipinski definition) is 4. The molecule has 0 unspecified atom stereocenters. The van der Waals surface area contributed by atoms with Gasteiger partial charge in [-0.1, -0.05) is 29.3 Å². The van der Waals surface area contributed by atoms with E-state index in [1.54, 1.807) is 24.9 Å². The van der Waals surface area contributed by atoms with Gasteiger partial charge >= 0.3 is 0 Å². The summed E-state index contributed by atoms with van der Waals surface area (Å²) in [6.45, 7) is 6.65. The van der Waals surface area contributed by atoms with Gasteiger partial charge in [0.2, 0.25) is 0 Å². The Morgan fingerprint density at radius 3 is 2.67 bits per heavy atom. The van der Waals surface area contributed by atoms with E-state index in [2.05, 4.69) is 38.1 Å². The smallest absolute Gasteiger partial charge is 0.272 e. The Bertz CT molecular complexity index is 733. The summed E-state index contributed by atoms with van der Waals surface area (Å²) in [4.78, 5) is 22.9. The van der Waals surface area contributed by atoms with Crippen molar-refractivity contribution in [3.05, 3.63) is 45.8 Å². The third kappa shape index (κ3) is 4.77. The molecule has 0 aliphatic carbocycles. The Morgan fingerprint density at radius 2 is 2.00 bits per heavy atom. The third-order valence-corrected chi connectivity index (χ3v) is 4.20. The lowest BCUT2D eigenvalue weighted by Crippen LogP contribution is -2.28. The average molecular weight is 391 g/mol. The highest BCUT2D eigenvalue weighted by molar-refractivity contribution is 9.10. The fourth-order valence-corrected chi connectivity index (χ4v) is 2.81. The van der Waals surface area contributed by atoms with Gasteiger partial charge in [0.05, 0.1) is 0 Å². The monoisotopic (exact) mass is 390 g/mol. The van der Waals surface area contributed by atoms with Gasteiger partial charge in [-0.3, -0.25) is 4.79 Å². The van der Waals surface area contributed by atoms with Crippen LogP contribution in [0, 0.1) is 13.8 Å². The first-order valence-electron chi connectivity index (χ1n) is 8.05. The minimum atomic E-state index is -0.0791. The number of aromatic nitrogens is 2. The van der Waals surface area contributed by atoms with Crippen LogP contribution in [0.3, 0.4) is 0 Å². The summed E-state index contributed by atoms with van der Waals surface area (Å²) in [5, 5.41) is 3.27. The highest BCUT2D eigenvalue weighted by atomic mass is 79.9. The minimum absolute atomic E-state index is 0.0791. The van der Waals surface area contributed by atoms with Crippen molar-refractivity contribution < 1.29 is 4.79 Å². The summed E-state index contributed by atoms with van der Waals surface area (Å²) in [5.74, 6) is 1.12. The van der Waals surface area contributed by atoms with Crippen LogP contribution in [0.5, 0.6) is 0 Å². The molecule has 1 aromatic heterocycles. The summed E-state index contributed by atoms with van der Waals surface area (Å²) in [5.41, 5.74) is 2.46. The van der Waals surface area contributed by atoms with E-state index in [0.717, 1.165) is 35.1 Å². The van der Waals surface area contributed by atoms with E-state index in [0.29, 0.717) is 17.3 Å². The van der Waals surface area contributed by atoms with E-state index >= 15 is 0 Å². The molecular weight excluding hydrogens is 368 g/mol. The molecule has 0 spiro atoms. The van der Waals surface area contributed by atoms with Crippen LogP contribution >= 0.6 is 15.9 Å². The van der Waals surface area contributed by atoms with Gasteiger partial charge in [0, 0.05) is 29.8 Å². The van der Waals surface area contributed by atoms with Crippen molar-refractivity contribution in [1.29, 1.82) is 0 Å². The molecule has 0 aliphatic heterocycles. The molecule has 1 amide bonds. The van der Waals surface area contributed by atoms with Gasteiger partial charge in [-0.25, -0.2) is 9.97 Å². The largest absolute Gasteiger partial charge is 0.340 e. The number of aryl methyl sites for hydroxylation is 2. The molecule has 1 N–H and O–H groups in total. The molecule has 6 heteroatoms. The lowest BCUT2D eigenvalue weighted by atomic mass is 10.2. The molecule has 0 aliphatic rings. The van der Waals surface area contributed by atoms with Crippen LogP contribution in [0.15, 0.2) is 28.7 Å². The molecule has 2 aromatic rings. The highest BCUT2D eigenvalue weighted by Gasteiger charge is 2.15. The molecule has 5 nitrogen and oxygen atoms in total. The predicted molar refractivity (Wildman–Crippen MR) is 101 cm³/mol. The maximum Gasteiger partial charge on any atom is 0.272 e. The number of benzene rings is 1. The zero-order chi connectivity index (χ0) is 17.7. The van der Waals surface area contributed by atoms with Gasteiger partial charge in [0.1, 0.15) is 17.3 Å². The van der Waals surface area contributed by atoms with Crippen LogP contribution in [0.2, 0.25) is 0 Å². The van der Waals surface area contributed by atoms with Crippen LogP contribution in [0.4, 0.5) is 11.5 Å². The number of nitrogens with one attached hydrogen (secondary N) is 1. The Balaban J connectivity index is 2.23. The van der Waals surface area contributed by atoms with Gasteiger partial charge in [-0.2, -0.15) is 0 Å². The molecule has 0 saturated carbocycles. The Kier molecular flexibility index (Phi) is 6.31. The quantitative estimate of drug-likeness (QED) is 0.789. The predicted octanol–water partition coefficient (Wildman–Crippen LogP) is 4.47. The second kappa shape index (κ2) is 8.24. The zero-order valence-electron chi connectivity index (χ0n) is 14.6. The van der Waals surface area contributed by atoms with Crippen molar-refractivity contribution in [2.45, 2.75) is 33.6 Å². The van der Waals surface area contributed by atoms with Crippen molar-refractivity contribution >= 4 is 33.3 Å². The van der Waals surface area contributed by atoms with E-state index in [9.17, 15) is 4.79 Å². The van der Waals surface area contributed by atoms with E-state index in [1.807, 2.05) is 25.1 Å². The number of hydrogen-bond donors (Lipinski definition) is 1. The van der Waals surface area contributed by atoms with Crippen molar-refractivity contribution in [1.82, 2.24) is 14.9 Å². The lowest BCUT2D eigenvalue weighted by molar-refractivity contribution is 0.0787. The van der Waals surface area contributed by atoms with Gasteiger partial charge in [-0.05, 0) is 44.0 Å². The number of anilines is 2. The molecule has 128 valence electrons. The molecule has 0 fully saturated rings. The van der Waals surface area contributed by atoms with Crippen LogP contribution in [0.1, 0.15) is 41.6 Å². The second-order valence-corrected chi connectivity index (χ2v) is 6.77. The molecule has 1 aromatic carbocycles. The first kappa shape index (κ1) is 18.4. The molecule has 1 heterocycles. The van der Waals surface area contributed by atoms with Crippen LogP contribution in [-0.2, 0) is 0 Å². The van der Waals surface area contributed by atoms with Gasteiger partial charge in [0.15, 0.2) is 0 Å². The van der Waals surface area contributed by atoms with Crippen molar-refractivity contribution in [2.75, 3.05) is 18.9 Å². The maximum atomic E-state index is 12.5. The Labute approximate surface area is 151 Å². The van der Waals surface area contributed by atoms with E-state index in [-0.39, 0.29) is 5.91 Å². The molecule has 24 heavy (non-hydrogen) atoms. The third-order valence-electron chi connectivity index (χ3n) is 3.70. The fraction of sp³-hybridized carbons (Fsp3) is 0.389. The molecule has 0 bridgehead atoms. The van der Waals surface area contributed by atoms with Gasteiger partial charge in [0.25, 0.3) is 5.91 Å². The summed E-state index contributed by atoms with van der Waals surface area (Å²) in [6, 6.07) is 7.68. The number of unbranched alkanes of at least 4 members (excludes halogenated alkanes) is 1. The first-order valence-corrected chi connectivity index (χ1v) is 8.84. The Morgan fingerprint density at radius 1 is 1.25 bits per heavy atom. The van der Waals surface area contributed by atoms with Crippen LogP contribution < -0.4 is 5.32 Å². The zero-order valence-corrected chi connectivity index (χ0v) is 16.1. The average Bonchev–Trinajstić information content (AvgIpc) is 2.54. The number of nitrogens with zero attached hydrogens (tertiary/aromatic N) is 3. The molecule has 0 saturated heterocycles. The molecule has 0 radical (unpaired) electrons. The number of amides is 1. The summed E-state index contributed by atoms with van der Waals surface area (Å²) in [6.07, 6.45) is 2.03. The van der Waals surface area contributed by atoms with Gasteiger partial charge in [-0.15, -0.1) is 0 Å². The summed E-state index contributed by atoms with van der Waals surface area (Å²) >= 11 is 3.46. The minimum Gasteiger partial charge on any atom is -0.340 e. The normalized spacial score (nSPS) is 10.5. The molecule has 0 atom stereocenters. The van der Waals surface area contributed by atoms with Crippen LogP contribution in [0.25, 0.3) is 0 Å². The number of halogens is 1. The molecule has 2 rings (SSSR count). The topological polar surface area (TPSA) is 58.1 Å². The number of carbonyl (C=O) groups excluding carboxylic acids is 1. The Hall–Kier alpha value is -1.95. The fourth-order valence-electron chi connectivity index (χ4n) is 2.34. The number of carbonyl (C=O) groups is 1. The van der Waals surface area contributed by atoms with E-state index in [1.165, 1.54) is 0 Å². The van der Waals surface area contributed by atoms with E-state index in [4.69, 9.17) is 0 Å². The SMILES string of the molecule is CCCCN(C)C(=O)c1cc(Nc2ccc(Br)cc2C)nc(C)n1. The van der Waals surface area contributed by atoms with Gasteiger partial charge < -0.3 is 10.2 Å². The van der Waals surface area contributed by atoms with Crippen molar-refractivity contribution in [3.8, 4) is 0 Å². The van der Waals surface area contributed by atoms with Crippen LogP contribution in [-0.4, -0.2) is 34.4 Å². The molecular formula is C18H23BrN4O. The number of rotatable bonds is 6. The van der Waals surface area contributed by atoms with E-state index < -0.39 is 0 Å². The summed E-state index contributed by atoms with van der Waals surface area (Å²) < 4.78 is 1.03. The second-order valence-electron chi connectivity index (χ2n) is 5.85. The van der Waals surface area contributed by atoms with Crippen molar-refractivity contribution in [3.63, 3.8) is 0 Å².